The highest BCUT2D eigenvalue weighted by atomic mass is 16.5. The first-order valence-electron chi connectivity index (χ1n) is 6.16. The van der Waals surface area contributed by atoms with Crippen molar-refractivity contribution in [2.24, 2.45) is 5.92 Å². The normalized spacial score (nSPS) is 11.9. The van der Waals surface area contributed by atoms with Crippen molar-refractivity contribution in [2.75, 3.05) is 12.4 Å². The number of benzene rings is 1. The summed E-state index contributed by atoms with van der Waals surface area (Å²) in [5.41, 5.74) is 0.795. The van der Waals surface area contributed by atoms with Gasteiger partial charge in [0.2, 0.25) is 5.91 Å². The summed E-state index contributed by atoms with van der Waals surface area (Å²) in [6.07, 6.45) is 2.85. The molecule has 1 atom stereocenters. The van der Waals surface area contributed by atoms with E-state index in [2.05, 4.69) is 12.2 Å². The Balaban J connectivity index is 2.65. The van der Waals surface area contributed by atoms with Crippen molar-refractivity contribution in [3.63, 3.8) is 0 Å². The maximum absolute atomic E-state index is 12.0. The lowest BCUT2D eigenvalue weighted by molar-refractivity contribution is -0.120. The lowest BCUT2D eigenvalue weighted by Gasteiger charge is -2.14. The Kier molecular flexibility index (Phi) is 5.53. The van der Waals surface area contributed by atoms with Gasteiger partial charge in [-0.2, -0.15) is 0 Å². The second-order valence-electron chi connectivity index (χ2n) is 4.12. The minimum absolute atomic E-state index is 0.0996. The summed E-state index contributed by atoms with van der Waals surface area (Å²) < 4.78 is 5.12. The zero-order chi connectivity index (χ0) is 12.7. The summed E-state index contributed by atoms with van der Waals surface area (Å²) in [6.45, 7) is 4.15. The maximum atomic E-state index is 12.0. The molecule has 0 spiro atoms. The summed E-state index contributed by atoms with van der Waals surface area (Å²) >= 11 is 0. The van der Waals surface area contributed by atoms with Crippen LogP contribution in [0.3, 0.4) is 0 Å². The third kappa shape index (κ3) is 4.10. The first-order valence-corrected chi connectivity index (χ1v) is 6.16. The Bertz CT molecular complexity index is 363. The minimum Gasteiger partial charge on any atom is -0.497 e. The number of hydrogen-bond acceptors (Lipinski definition) is 2. The summed E-state index contributed by atoms with van der Waals surface area (Å²) in [5, 5.41) is 2.93. The molecule has 0 aliphatic heterocycles. The Hall–Kier alpha value is -1.51. The molecular formula is C14H21NO2. The summed E-state index contributed by atoms with van der Waals surface area (Å²) in [7, 11) is 1.62. The molecule has 94 valence electrons. The van der Waals surface area contributed by atoms with Crippen LogP contribution in [0.1, 0.15) is 33.1 Å². The monoisotopic (exact) mass is 235 g/mol. The van der Waals surface area contributed by atoms with Crippen molar-refractivity contribution in [3.8, 4) is 5.75 Å². The number of ether oxygens (including phenoxy) is 1. The first kappa shape index (κ1) is 13.6. The molecule has 0 heterocycles. The number of methoxy groups -OCH3 is 1. The van der Waals surface area contributed by atoms with Gasteiger partial charge in [-0.15, -0.1) is 0 Å². The second-order valence-corrected chi connectivity index (χ2v) is 4.12. The number of carbonyl (C=O) groups excluding carboxylic acids is 1. The molecule has 0 fully saturated rings. The molecule has 1 unspecified atom stereocenters. The van der Waals surface area contributed by atoms with E-state index in [1.807, 2.05) is 31.2 Å². The molecule has 0 radical (unpaired) electrons. The molecule has 1 N–H and O–H groups in total. The van der Waals surface area contributed by atoms with Crippen molar-refractivity contribution < 1.29 is 9.53 Å². The predicted octanol–water partition coefficient (Wildman–Crippen LogP) is 3.46. The van der Waals surface area contributed by atoms with E-state index >= 15 is 0 Å². The van der Waals surface area contributed by atoms with E-state index in [-0.39, 0.29) is 11.8 Å². The molecular weight excluding hydrogens is 214 g/mol. The van der Waals surface area contributed by atoms with Crippen molar-refractivity contribution >= 4 is 11.6 Å². The number of rotatable bonds is 6. The largest absolute Gasteiger partial charge is 0.497 e. The summed E-state index contributed by atoms with van der Waals surface area (Å²) in [4.78, 5) is 12.0. The summed E-state index contributed by atoms with van der Waals surface area (Å²) in [6, 6.07) is 7.43. The maximum Gasteiger partial charge on any atom is 0.227 e. The van der Waals surface area contributed by atoms with E-state index in [1.165, 1.54) is 0 Å². The van der Waals surface area contributed by atoms with Gasteiger partial charge in [-0.05, 0) is 25.0 Å². The Labute approximate surface area is 103 Å². The number of carbonyl (C=O) groups is 1. The smallest absolute Gasteiger partial charge is 0.227 e. The number of nitrogens with one attached hydrogen (secondary N) is 1. The van der Waals surface area contributed by atoms with E-state index in [0.29, 0.717) is 0 Å². The van der Waals surface area contributed by atoms with Crippen LogP contribution in [0.2, 0.25) is 0 Å². The van der Waals surface area contributed by atoms with Gasteiger partial charge in [0.25, 0.3) is 0 Å². The Morgan fingerprint density at radius 3 is 2.76 bits per heavy atom. The van der Waals surface area contributed by atoms with Gasteiger partial charge in [-0.3, -0.25) is 4.79 Å². The van der Waals surface area contributed by atoms with E-state index in [1.54, 1.807) is 7.11 Å². The Morgan fingerprint density at radius 2 is 2.18 bits per heavy atom. The molecule has 3 heteroatoms. The van der Waals surface area contributed by atoms with Crippen molar-refractivity contribution in [1.82, 2.24) is 0 Å². The first-order chi connectivity index (χ1) is 8.21. The number of amides is 1. The van der Waals surface area contributed by atoms with Crippen molar-refractivity contribution in [1.29, 1.82) is 0 Å². The van der Waals surface area contributed by atoms with Gasteiger partial charge in [0, 0.05) is 17.7 Å². The third-order valence-electron chi connectivity index (χ3n) is 2.84. The zero-order valence-corrected chi connectivity index (χ0v) is 10.8. The van der Waals surface area contributed by atoms with Crippen LogP contribution in [-0.2, 0) is 4.79 Å². The molecule has 0 aromatic heterocycles. The molecule has 0 saturated heterocycles. The van der Waals surface area contributed by atoms with Gasteiger partial charge >= 0.3 is 0 Å². The number of anilines is 1. The summed E-state index contributed by atoms with van der Waals surface area (Å²) in [5.74, 6) is 0.958. The number of hydrogen-bond donors (Lipinski definition) is 1. The molecule has 0 saturated carbocycles. The molecule has 1 rings (SSSR count). The standard InChI is InChI=1S/C14H21NO2/c1-4-7-11(5-2)14(16)15-12-8-6-9-13(10-12)17-3/h6,8-11H,4-5,7H2,1-3H3,(H,15,16). The van der Waals surface area contributed by atoms with E-state index in [9.17, 15) is 4.79 Å². The molecule has 17 heavy (non-hydrogen) atoms. The zero-order valence-electron chi connectivity index (χ0n) is 10.8. The molecule has 1 aromatic carbocycles. The molecule has 0 bridgehead atoms. The highest BCUT2D eigenvalue weighted by Crippen LogP contribution is 2.19. The van der Waals surface area contributed by atoms with E-state index in [0.717, 1.165) is 30.7 Å². The molecule has 1 amide bonds. The Morgan fingerprint density at radius 1 is 1.41 bits per heavy atom. The molecule has 0 aliphatic carbocycles. The fourth-order valence-corrected chi connectivity index (χ4v) is 1.81. The van der Waals surface area contributed by atoms with Crippen LogP contribution in [0.4, 0.5) is 5.69 Å². The van der Waals surface area contributed by atoms with E-state index < -0.39 is 0 Å². The highest BCUT2D eigenvalue weighted by Gasteiger charge is 2.15. The second kappa shape index (κ2) is 6.94. The van der Waals surface area contributed by atoms with Gasteiger partial charge < -0.3 is 10.1 Å². The van der Waals surface area contributed by atoms with Crippen molar-refractivity contribution in [2.45, 2.75) is 33.1 Å². The molecule has 3 nitrogen and oxygen atoms in total. The average molecular weight is 235 g/mol. The van der Waals surface area contributed by atoms with Gasteiger partial charge in [0.15, 0.2) is 0 Å². The average Bonchev–Trinajstić information content (AvgIpc) is 2.36. The van der Waals surface area contributed by atoms with E-state index in [4.69, 9.17) is 4.74 Å². The lowest BCUT2D eigenvalue weighted by Crippen LogP contribution is -2.22. The minimum atomic E-state index is 0.0996. The fourth-order valence-electron chi connectivity index (χ4n) is 1.81. The van der Waals surface area contributed by atoms with Crippen LogP contribution < -0.4 is 10.1 Å². The third-order valence-corrected chi connectivity index (χ3v) is 2.84. The molecule has 0 aliphatic rings. The topological polar surface area (TPSA) is 38.3 Å². The van der Waals surface area contributed by atoms with Crippen LogP contribution in [0.25, 0.3) is 0 Å². The SMILES string of the molecule is CCCC(CC)C(=O)Nc1cccc(OC)c1. The van der Waals surface area contributed by atoms with Crippen LogP contribution in [-0.4, -0.2) is 13.0 Å². The van der Waals surface area contributed by atoms with Crippen LogP contribution in [0.5, 0.6) is 5.75 Å². The van der Waals surface area contributed by atoms with Crippen LogP contribution in [0, 0.1) is 5.92 Å². The quantitative estimate of drug-likeness (QED) is 0.820. The van der Waals surface area contributed by atoms with Crippen LogP contribution >= 0.6 is 0 Å². The van der Waals surface area contributed by atoms with Gasteiger partial charge in [0.05, 0.1) is 7.11 Å². The van der Waals surface area contributed by atoms with Crippen molar-refractivity contribution in [3.05, 3.63) is 24.3 Å². The van der Waals surface area contributed by atoms with Gasteiger partial charge in [0.1, 0.15) is 5.75 Å². The highest BCUT2D eigenvalue weighted by molar-refractivity contribution is 5.92. The fraction of sp³-hybridized carbons (Fsp3) is 0.500. The van der Waals surface area contributed by atoms with Gasteiger partial charge in [-0.1, -0.05) is 26.3 Å². The van der Waals surface area contributed by atoms with Gasteiger partial charge in [-0.25, -0.2) is 0 Å². The molecule has 1 aromatic rings. The van der Waals surface area contributed by atoms with Crippen LogP contribution in [0.15, 0.2) is 24.3 Å². The predicted molar refractivity (Wildman–Crippen MR) is 70.3 cm³/mol. The lowest BCUT2D eigenvalue weighted by atomic mass is 10.00.